The molecule has 0 aliphatic rings. The number of hydrogen-bond acceptors (Lipinski definition) is 5. The molecule has 0 fully saturated rings. The van der Waals surface area contributed by atoms with Crippen LogP contribution in [0.5, 0.6) is 11.6 Å². The fourth-order valence-corrected chi connectivity index (χ4v) is 1.82. The minimum atomic E-state index is -0.392. The average Bonchev–Trinajstić information content (AvgIpc) is 2.41. The second-order valence-electron chi connectivity index (χ2n) is 5.55. The number of ether oxygens (including phenoxy) is 1. The van der Waals surface area contributed by atoms with Crippen LogP contribution < -0.4 is 16.0 Å². The minimum absolute atomic E-state index is 0.0753. The summed E-state index contributed by atoms with van der Waals surface area (Å²) in [7, 11) is 0. The molecule has 2 N–H and O–H groups in total. The van der Waals surface area contributed by atoms with E-state index in [0.29, 0.717) is 5.69 Å². The largest absolute Gasteiger partial charge is 0.433 e. The van der Waals surface area contributed by atoms with Crippen molar-refractivity contribution in [3.8, 4) is 17.7 Å². The molecule has 0 bridgehead atoms. The van der Waals surface area contributed by atoms with Crippen LogP contribution in [0.15, 0.2) is 35.4 Å². The van der Waals surface area contributed by atoms with Crippen molar-refractivity contribution in [2.45, 2.75) is 26.3 Å². The lowest BCUT2D eigenvalue weighted by atomic mass is 10.1. The van der Waals surface area contributed by atoms with Crippen molar-refractivity contribution in [3.05, 3.63) is 46.5 Å². The van der Waals surface area contributed by atoms with Gasteiger partial charge in [-0.25, -0.2) is 4.98 Å². The molecule has 0 saturated heterocycles. The van der Waals surface area contributed by atoms with Gasteiger partial charge in [-0.15, -0.1) is 0 Å². The molecule has 21 heavy (non-hydrogen) atoms. The third-order valence-electron chi connectivity index (χ3n) is 2.86. The molecular weight excluding hydrogens is 268 g/mol. The fourth-order valence-electron chi connectivity index (χ4n) is 1.82. The topological polar surface area (TPSA) is 93.9 Å². The van der Waals surface area contributed by atoms with Crippen molar-refractivity contribution >= 4 is 5.69 Å². The Labute approximate surface area is 122 Å². The first-order valence-electron chi connectivity index (χ1n) is 6.38. The van der Waals surface area contributed by atoms with Crippen LogP contribution >= 0.6 is 0 Å². The van der Waals surface area contributed by atoms with Gasteiger partial charge in [0.2, 0.25) is 0 Å². The maximum atomic E-state index is 12.4. The predicted molar refractivity (Wildman–Crippen MR) is 79.1 cm³/mol. The molecule has 1 aromatic carbocycles. The number of hydrogen-bond donors (Lipinski definition) is 1. The van der Waals surface area contributed by atoms with E-state index in [0.717, 1.165) is 0 Å². The van der Waals surface area contributed by atoms with E-state index in [1.807, 2.05) is 26.8 Å². The normalized spacial score (nSPS) is 11.0. The Hall–Kier alpha value is -2.81. The molecule has 6 heteroatoms. The molecule has 0 aliphatic carbocycles. The quantitative estimate of drug-likeness (QED) is 0.853. The highest BCUT2D eigenvalue weighted by Crippen LogP contribution is 2.24. The van der Waals surface area contributed by atoms with Crippen LogP contribution in [-0.4, -0.2) is 9.55 Å². The summed E-state index contributed by atoms with van der Waals surface area (Å²) in [5, 5.41) is 9.08. The summed E-state index contributed by atoms with van der Waals surface area (Å²) in [6.45, 7) is 5.71. The second-order valence-corrected chi connectivity index (χ2v) is 5.55. The highest BCUT2D eigenvalue weighted by atomic mass is 16.5. The van der Waals surface area contributed by atoms with E-state index in [2.05, 4.69) is 4.98 Å². The van der Waals surface area contributed by atoms with Crippen LogP contribution in [-0.2, 0) is 5.54 Å². The predicted octanol–water partition coefficient (Wildman–Crippen LogP) is 2.24. The molecule has 0 saturated carbocycles. The van der Waals surface area contributed by atoms with Crippen LogP contribution in [0.25, 0.3) is 0 Å². The number of rotatable bonds is 2. The summed E-state index contributed by atoms with van der Waals surface area (Å²) < 4.78 is 7.03. The Morgan fingerprint density at radius 1 is 1.38 bits per heavy atom. The molecule has 0 atom stereocenters. The van der Waals surface area contributed by atoms with Crippen LogP contribution in [0.2, 0.25) is 0 Å². The zero-order valence-corrected chi connectivity index (χ0v) is 12.1. The van der Waals surface area contributed by atoms with Crippen molar-refractivity contribution < 1.29 is 4.74 Å². The molecule has 0 amide bonds. The van der Waals surface area contributed by atoms with E-state index < -0.39 is 5.54 Å². The van der Waals surface area contributed by atoms with E-state index in [1.54, 1.807) is 18.3 Å². The van der Waals surface area contributed by atoms with Gasteiger partial charge in [-0.3, -0.25) is 4.79 Å². The Bertz CT molecular complexity index is 766. The highest BCUT2D eigenvalue weighted by molar-refractivity contribution is 5.53. The first-order valence-corrected chi connectivity index (χ1v) is 6.38. The van der Waals surface area contributed by atoms with Gasteiger partial charge in [-0.1, -0.05) is 0 Å². The summed E-state index contributed by atoms with van der Waals surface area (Å²) in [6.07, 6.45) is 3.09. The Morgan fingerprint density at radius 2 is 2.10 bits per heavy atom. The molecule has 0 spiro atoms. The maximum Gasteiger partial charge on any atom is 0.314 e. The molecule has 2 rings (SSSR count). The number of benzene rings is 1. The van der Waals surface area contributed by atoms with E-state index in [-0.39, 0.29) is 22.8 Å². The summed E-state index contributed by atoms with van der Waals surface area (Å²) in [4.78, 5) is 16.3. The van der Waals surface area contributed by atoms with E-state index in [4.69, 9.17) is 15.7 Å². The monoisotopic (exact) mass is 284 g/mol. The van der Waals surface area contributed by atoms with E-state index >= 15 is 0 Å². The van der Waals surface area contributed by atoms with Crippen LogP contribution in [0.3, 0.4) is 0 Å². The lowest BCUT2D eigenvalue weighted by molar-refractivity contribution is 0.363. The summed E-state index contributed by atoms with van der Waals surface area (Å²) in [5.74, 6) is 0.177. The summed E-state index contributed by atoms with van der Waals surface area (Å²) in [5.41, 5.74) is 5.58. The molecule has 108 valence electrons. The third kappa shape index (κ3) is 3.03. The zero-order chi connectivity index (χ0) is 15.6. The Kier molecular flexibility index (Phi) is 3.68. The zero-order valence-electron chi connectivity index (χ0n) is 12.1. The van der Waals surface area contributed by atoms with Crippen molar-refractivity contribution in [2.75, 3.05) is 5.73 Å². The van der Waals surface area contributed by atoms with Crippen molar-refractivity contribution in [1.82, 2.24) is 9.55 Å². The summed E-state index contributed by atoms with van der Waals surface area (Å²) >= 11 is 0. The van der Waals surface area contributed by atoms with Crippen molar-refractivity contribution in [1.29, 1.82) is 5.26 Å². The van der Waals surface area contributed by atoms with Gasteiger partial charge in [0.05, 0.1) is 5.56 Å². The molecule has 2 aromatic rings. The molecule has 1 aromatic heterocycles. The van der Waals surface area contributed by atoms with Crippen LogP contribution in [0.4, 0.5) is 5.69 Å². The molecule has 0 unspecified atom stereocenters. The molecule has 1 heterocycles. The van der Waals surface area contributed by atoms with Gasteiger partial charge in [0.15, 0.2) is 0 Å². The van der Waals surface area contributed by atoms with Gasteiger partial charge in [0.25, 0.3) is 5.88 Å². The number of anilines is 1. The second kappa shape index (κ2) is 5.29. The number of nitriles is 1. The Morgan fingerprint density at radius 3 is 2.71 bits per heavy atom. The number of nitrogen functional groups attached to an aromatic ring is 1. The highest BCUT2D eigenvalue weighted by Gasteiger charge is 2.18. The number of aromatic nitrogens is 2. The lowest BCUT2D eigenvalue weighted by Crippen LogP contribution is -2.34. The number of nitrogens with two attached hydrogens (primary N) is 1. The van der Waals surface area contributed by atoms with Gasteiger partial charge < -0.3 is 15.0 Å². The smallest absolute Gasteiger partial charge is 0.314 e. The lowest BCUT2D eigenvalue weighted by Gasteiger charge is -2.22. The van der Waals surface area contributed by atoms with Crippen LogP contribution in [0.1, 0.15) is 26.3 Å². The minimum Gasteiger partial charge on any atom is -0.433 e. The van der Waals surface area contributed by atoms with Gasteiger partial charge >= 0.3 is 5.56 Å². The first-order chi connectivity index (χ1) is 9.82. The maximum absolute atomic E-state index is 12.4. The molecule has 0 aliphatic heterocycles. The molecule has 0 radical (unpaired) electrons. The van der Waals surface area contributed by atoms with Gasteiger partial charge in [-0.05, 0) is 39.0 Å². The van der Waals surface area contributed by atoms with Gasteiger partial charge in [-0.2, -0.15) is 5.26 Å². The van der Waals surface area contributed by atoms with E-state index in [9.17, 15) is 4.79 Å². The molecule has 6 nitrogen and oxygen atoms in total. The molecular formula is C15H16N4O2. The average molecular weight is 284 g/mol. The van der Waals surface area contributed by atoms with Gasteiger partial charge in [0.1, 0.15) is 11.8 Å². The standard InChI is InChI=1S/C15H16N4O2/c1-15(2,3)19-7-6-18-13(14(19)20)21-12-5-4-11(17)8-10(12)9-16/h4-8H,17H2,1-3H3. The van der Waals surface area contributed by atoms with Gasteiger partial charge in [0, 0.05) is 23.6 Å². The van der Waals surface area contributed by atoms with E-state index in [1.165, 1.54) is 16.8 Å². The third-order valence-corrected chi connectivity index (χ3v) is 2.86. The number of nitrogens with zero attached hydrogens (tertiary/aromatic N) is 3. The SMILES string of the molecule is CC(C)(C)n1ccnc(Oc2ccc(N)cc2C#N)c1=O. The first kappa shape index (κ1) is 14.6. The van der Waals surface area contributed by atoms with Crippen LogP contribution in [0, 0.1) is 11.3 Å². The Balaban J connectivity index is 2.47. The fraction of sp³-hybridized carbons (Fsp3) is 0.267. The van der Waals surface area contributed by atoms with Crippen molar-refractivity contribution in [3.63, 3.8) is 0 Å². The van der Waals surface area contributed by atoms with Crippen molar-refractivity contribution in [2.24, 2.45) is 0 Å². The summed E-state index contributed by atoms with van der Waals surface area (Å²) in [6, 6.07) is 6.61.